The number of oxazole rings is 1. The highest BCUT2D eigenvalue weighted by molar-refractivity contribution is 5.92. The fraction of sp³-hybridized carbons (Fsp3) is 0.333. The average Bonchev–Trinajstić information content (AvgIpc) is 3.60. The van der Waals surface area contributed by atoms with E-state index in [1.165, 1.54) is 28.3 Å². The van der Waals surface area contributed by atoms with Gasteiger partial charge < -0.3 is 14.3 Å². The Morgan fingerprint density at radius 2 is 1.85 bits per heavy atom. The summed E-state index contributed by atoms with van der Waals surface area (Å²) in [5.41, 5.74) is 5.44. The number of nitrogens with one attached hydrogen (secondary N) is 1. The van der Waals surface area contributed by atoms with E-state index in [0.29, 0.717) is 18.1 Å². The molecule has 0 aliphatic carbocycles. The zero-order valence-electron chi connectivity index (χ0n) is 19.1. The summed E-state index contributed by atoms with van der Waals surface area (Å²) in [6, 6.07) is 16.9. The molecule has 2 aromatic heterocycles. The summed E-state index contributed by atoms with van der Waals surface area (Å²) in [5.74, 6) is 0.566. The van der Waals surface area contributed by atoms with Crippen molar-refractivity contribution in [3.05, 3.63) is 89.3 Å². The molecule has 0 unspecified atom stereocenters. The maximum absolute atomic E-state index is 12.7. The zero-order chi connectivity index (χ0) is 22.6. The summed E-state index contributed by atoms with van der Waals surface area (Å²) in [5, 5.41) is 1.27. The Balaban J connectivity index is 1.32. The van der Waals surface area contributed by atoms with E-state index in [1.54, 1.807) is 0 Å². The van der Waals surface area contributed by atoms with Crippen molar-refractivity contribution < 1.29 is 9.21 Å². The Bertz CT molecular complexity index is 1240. The van der Waals surface area contributed by atoms with E-state index in [1.807, 2.05) is 4.90 Å². The van der Waals surface area contributed by atoms with Crippen molar-refractivity contribution in [1.29, 1.82) is 0 Å². The van der Waals surface area contributed by atoms with Crippen molar-refractivity contribution in [3.8, 4) is 0 Å². The number of H-pyrrole nitrogens is 1. The number of aromatic nitrogens is 2. The Labute approximate surface area is 194 Å². The number of nitrogens with zero attached hydrogens (tertiary/aromatic N) is 3. The molecule has 0 bridgehead atoms. The lowest BCUT2D eigenvalue weighted by atomic mass is 10.1. The van der Waals surface area contributed by atoms with Gasteiger partial charge >= 0.3 is 0 Å². The molecule has 1 N–H and O–H groups in total. The molecule has 1 fully saturated rings. The summed E-state index contributed by atoms with van der Waals surface area (Å²) in [6.45, 7) is 5.98. The molecular formula is C27H30N4O2. The Morgan fingerprint density at radius 3 is 2.70 bits per heavy atom. The molecule has 0 radical (unpaired) electrons. The number of amides is 1. The van der Waals surface area contributed by atoms with E-state index in [4.69, 9.17) is 4.42 Å². The SMILES string of the molecule is Cc1ccccc1CN(CCc1c[nH]c2ccccc12)Cc1nc(C(=O)N2CCCC2)co1. The van der Waals surface area contributed by atoms with E-state index in [-0.39, 0.29) is 5.91 Å². The molecule has 2 aromatic carbocycles. The van der Waals surface area contributed by atoms with Crippen molar-refractivity contribution in [2.24, 2.45) is 0 Å². The second kappa shape index (κ2) is 9.63. The number of aromatic amines is 1. The molecule has 1 aliphatic rings. The molecule has 170 valence electrons. The first kappa shape index (κ1) is 21.5. The highest BCUT2D eigenvalue weighted by atomic mass is 16.3. The fourth-order valence-corrected chi connectivity index (χ4v) is 4.61. The number of carbonyl (C=O) groups is 1. The number of fused-ring (bicyclic) bond motifs is 1. The predicted octanol–water partition coefficient (Wildman–Crippen LogP) is 4.95. The Morgan fingerprint density at radius 1 is 1.06 bits per heavy atom. The van der Waals surface area contributed by atoms with Crippen LogP contribution in [0.4, 0.5) is 0 Å². The summed E-state index contributed by atoms with van der Waals surface area (Å²) < 4.78 is 5.74. The van der Waals surface area contributed by atoms with Gasteiger partial charge in [0.15, 0.2) is 5.69 Å². The molecule has 5 rings (SSSR count). The molecule has 0 saturated carbocycles. The molecule has 6 nitrogen and oxygen atoms in total. The van der Waals surface area contributed by atoms with Crippen LogP contribution in [0.15, 0.2) is 65.4 Å². The summed E-state index contributed by atoms with van der Waals surface area (Å²) in [6.07, 6.45) is 6.66. The molecule has 0 atom stereocenters. The van der Waals surface area contributed by atoms with Crippen LogP contribution in [0.5, 0.6) is 0 Å². The smallest absolute Gasteiger partial charge is 0.275 e. The van der Waals surface area contributed by atoms with Crippen LogP contribution in [0.3, 0.4) is 0 Å². The number of aryl methyl sites for hydroxylation is 1. The molecular weight excluding hydrogens is 412 g/mol. The molecule has 1 aliphatic heterocycles. The number of carbonyl (C=O) groups excluding carboxylic acids is 1. The molecule has 33 heavy (non-hydrogen) atoms. The van der Waals surface area contributed by atoms with E-state index in [0.717, 1.165) is 51.0 Å². The van der Waals surface area contributed by atoms with Gasteiger partial charge in [0.1, 0.15) is 6.26 Å². The van der Waals surface area contributed by atoms with Gasteiger partial charge in [-0.2, -0.15) is 0 Å². The Hall–Kier alpha value is -3.38. The van der Waals surface area contributed by atoms with Crippen LogP contribution < -0.4 is 0 Å². The lowest BCUT2D eigenvalue weighted by molar-refractivity contribution is 0.0787. The van der Waals surface area contributed by atoms with Crippen molar-refractivity contribution in [2.45, 2.75) is 39.3 Å². The van der Waals surface area contributed by atoms with Crippen LogP contribution in [0.25, 0.3) is 10.9 Å². The van der Waals surface area contributed by atoms with Crippen molar-refractivity contribution in [2.75, 3.05) is 19.6 Å². The molecule has 4 aromatic rings. The molecule has 3 heterocycles. The van der Waals surface area contributed by atoms with Gasteiger partial charge in [-0.1, -0.05) is 42.5 Å². The van der Waals surface area contributed by atoms with Crippen LogP contribution in [-0.2, 0) is 19.5 Å². The summed E-state index contributed by atoms with van der Waals surface area (Å²) in [4.78, 5) is 24.8. The minimum Gasteiger partial charge on any atom is -0.447 e. The summed E-state index contributed by atoms with van der Waals surface area (Å²) >= 11 is 0. The van der Waals surface area contributed by atoms with Gasteiger partial charge in [-0.3, -0.25) is 9.69 Å². The summed E-state index contributed by atoms with van der Waals surface area (Å²) in [7, 11) is 0. The number of rotatable bonds is 8. The standard InChI is InChI=1S/C27H30N4O2/c1-20-8-2-3-9-22(20)17-30(15-12-21-16-28-24-11-5-4-10-23(21)24)18-26-29-25(19-33-26)27(32)31-13-6-7-14-31/h2-5,8-11,16,19,28H,6-7,12-15,17-18H2,1H3. The van der Waals surface area contributed by atoms with Crippen LogP contribution in [0.1, 0.15) is 45.9 Å². The quantitative estimate of drug-likeness (QED) is 0.420. The van der Waals surface area contributed by atoms with Crippen LogP contribution in [0.2, 0.25) is 0 Å². The largest absolute Gasteiger partial charge is 0.447 e. The number of hydrogen-bond acceptors (Lipinski definition) is 4. The molecule has 0 spiro atoms. The first-order chi connectivity index (χ1) is 16.2. The maximum Gasteiger partial charge on any atom is 0.275 e. The normalized spacial score (nSPS) is 13.9. The number of para-hydroxylation sites is 1. The van der Waals surface area contributed by atoms with E-state index in [2.05, 4.69) is 76.5 Å². The van der Waals surface area contributed by atoms with Gasteiger partial charge in [0.25, 0.3) is 5.91 Å². The van der Waals surface area contributed by atoms with Gasteiger partial charge in [0.05, 0.1) is 6.54 Å². The van der Waals surface area contributed by atoms with Crippen LogP contribution in [-0.4, -0.2) is 45.3 Å². The molecule has 1 saturated heterocycles. The first-order valence-corrected chi connectivity index (χ1v) is 11.7. The highest BCUT2D eigenvalue weighted by Crippen LogP contribution is 2.20. The second-order valence-electron chi connectivity index (χ2n) is 8.87. The third-order valence-corrected chi connectivity index (χ3v) is 6.55. The monoisotopic (exact) mass is 442 g/mol. The van der Waals surface area contributed by atoms with Crippen LogP contribution in [0, 0.1) is 6.92 Å². The van der Waals surface area contributed by atoms with Gasteiger partial charge in [0, 0.05) is 43.3 Å². The van der Waals surface area contributed by atoms with Crippen molar-refractivity contribution in [3.63, 3.8) is 0 Å². The predicted molar refractivity (Wildman–Crippen MR) is 129 cm³/mol. The van der Waals surface area contributed by atoms with E-state index in [9.17, 15) is 4.79 Å². The minimum absolute atomic E-state index is 0.0215. The number of likely N-dealkylation sites (tertiary alicyclic amines) is 1. The lowest BCUT2D eigenvalue weighted by Gasteiger charge is -2.22. The van der Waals surface area contributed by atoms with E-state index < -0.39 is 0 Å². The van der Waals surface area contributed by atoms with Crippen molar-refractivity contribution >= 4 is 16.8 Å². The lowest BCUT2D eigenvalue weighted by Crippen LogP contribution is -2.28. The maximum atomic E-state index is 12.7. The zero-order valence-corrected chi connectivity index (χ0v) is 19.1. The Kier molecular flexibility index (Phi) is 6.26. The second-order valence-corrected chi connectivity index (χ2v) is 8.87. The van der Waals surface area contributed by atoms with Crippen molar-refractivity contribution in [1.82, 2.24) is 19.8 Å². The van der Waals surface area contributed by atoms with Gasteiger partial charge in [-0.15, -0.1) is 0 Å². The van der Waals surface area contributed by atoms with E-state index >= 15 is 0 Å². The fourth-order valence-electron chi connectivity index (χ4n) is 4.61. The van der Waals surface area contributed by atoms with Gasteiger partial charge in [0.2, 0.25) is 5.89 Å². The van der Waals surface area contributed by atoms with Gasteiger partial charge in [-0.05, 0) is 48.9 Å². The molecule has 6 heteroatoms. The molecule has 1 amide bonds. The number of hydrogen-bond donors (Lipinski definition) is 1. The minimum atomic E-state index is -0.0215. The average molecular weight is 443 g/mol. The van der Waals surface area contributed by atoms with Crippen LogP contribution >= 0.6 is 0 Å². The topological polar surface area (TPSA) is 65.4 Å². The third-order valence-electron chi connectivity index (χ3n) is 6.55. The van der Waals surface area contributed by atoms with Gasteiger partial charge in [-0.25, -0.2) is 4.98 Å². The highest BCUT2D eigenvalue weighted by Gasteiger charge is 2.23. The first-order valence-electron chi connectivity index (χ1n) is 11.7. The number of benzene rings is 2. The third kappa shape index (κ3) is 4.86.